The fourth-order valence-electron chi connectivity index (χ4n) is 1.48. The first-order valence-electron chi connectivity index (χ1n) is 5.39. The molecule has 1 saturated heterocycles. The molecule has 0 aromatic rings. The largest absolute Gasteiger partial charge is 0.415 e. The van der Waals surface area contributed by atoms with Crippen molar-refractivity contribution < 1.29 is 13.9 Å². The first kappa shape index (κ1) is 12.0. The van der Waals surface area contributed by atoms with Crippen LogP contribution in [-0.2, 0) is 4.74 Å². The molecule has 0 aromatic heterocycles. The van der Waals surface area contributed by atoms with Gasteiger partial charge in [-0.1, -0.05) is 19.1 Å². The van der Waals surface area contributed by atoms with Crippen molar-refractivity contribution in [1.82, 2.24) is 4.90 Å². The van der Waals surface area contributed by atoms with Gasteiger partial charge in [-0.25, -0.2) is 9.18 Å². The molecule has 0 bridgehead atoms. The van der Waals surface area contributed by atoms with Gasteiger partial charge in [0.05, 0.1) is 0 Å². The highest BCUT2D eigenvalue weighted by Gasteiger charge is 2.21. The second-order valence-corrected chi connectivity index (χ2v) is 3.82. The van der Waals surface area contributed by atoms with E-state index in [1.165, 1.54) is 4.90 Å². The number of hydrogen-bond acceptors (Lipinski definition) is 2. The number of carbonyl (C=O) groups is 1. The zero-order valence-corrected chi connectivity index (χ0v) is 9.17. The average molecular weight is 215 g/mol. The van der Waals surface area contributed by atoms with Gasteiger partial charge in [0.25, 0.3) is 0 Å². The van der Waals surface area contributed by atoms with Gasteiger partial charge in [-0.3, -0.25) is 0 Å². The van der Waals surface area contributed by atoms with E-state index >= 15 is 0 Å². The molecule has 0 spiro atoms. The van der Waals surface area contributed by atoms with Crippen LogP contribution in [0, 0.1) is 0 Å². The van der Waals surface area contributed by atoms with Crippen LogP contribution < -0.4 is 0 Å². The fraction of sp³-hybridized carbons (Fsp3) is 0.727. The van der Waals surface area contributed by atoms with E-state index < -0.39 is 12.5 Å². The Kier molecular flexibility index (Phi) is 4.59. The highest BCUT2D eigenvalue weighted by molar-refractivity contribution is 5.68. The molecule has 15 heavy (non-hydrogen) atoms. The summed E-state index contributed by atoms with van der Waals surface area (Å²) in [6.07, 6.45) is 0.521. The van der Waals surface area contributed by atoms with E-state index in [0.717, 1.165) is 18.4 Å². The third-order valence-corrected chi connectivity index (χ3v) is 2.47. The third-order valence-electron chi connectivity index (χ3n) is 2.47. The lowest BCUT2D eigenvalue weighted by Gasteiger charge is -2.27. The highest BCUT2D eigenvalue weighted by Crippen LogP contribution is 2.15. The Bertz CT molecular complexity index is 233. The first-order chi connectivity index (χ1) is 7.13. The summed E-state index contributed by atoms with van der Waals surface area (Å²) < 4.78 is 17.7. The maximum absolute atomic E-state index is 13.0. The lowest BCUT2D eigenvalue weighted by molar-refractivity contribution is -0.0118. The Hall–Kier alpha value is -1.06. The fourth-order valence-corrected chi connectivity index (χ4v) is 1.48. The summed E-state index contributed by atoms with van der Waals surface area (Å²) in [5.74, 6) is 0. The molecule has 1 fully saturated rings. The summed E-state index contributed by atoms with van der Waals surface area (Å²) in [6, 6.07) is 0. The number of nitrogens with zero attached hydrogens (tertiary/aromatic N) is 1. The van der Waals surface area contributed by atoms with Gasteiger partial charge in [-0.05, 0) is 19.3 Å². The van der Waals surface area contributed by atoms with Gasteiger partial charge < -0.3 is 9.64 Å². The highest BCUT2D eigenvalue weighted by atomic mass is 19.1. The van der Waals surface area contributed by atoms with Crippen LogP contribution in [0.3, 0.4) is 0 Å². The van der Waals surface area contributed by atoms with Crippen molar-refractivity contribution >= 4 is 6.09 Å². The van der Waals surface area contributed by atoms with Crippen molar-refractivity contribution in [3.8, 4) is 0 Å². The molecular weight excluding hydrogens is 197 g/mol. The van der Waals surface area contributed by atoms with Crippen LogP contribution in [0.5, 0.6) is 0 Å². The molecule has 1 unspecified atom stereocenters. The van der Waals surface area contributed by atoms with E-state index in [9.17, 15) is 9.18 Å². The minimum absolute atomic E-state index is 0.270. The number of hydrogen-bond donors (Lipinski definition) is 0. The normalized spacial score (nSPS) is 18.8. The molecule has 0 N–H and O–H groups in total. The average Bonchev–Trinajstić information content (AvgIpc) is 2.18. The topological polar surface area (TPSA) is 29.5 Å². The molecule has 0 saturated carbocycles. The minimum Gasteiger partial charge on any atom is -0.415 e. The molecule has 1 atom stereocenters. The number of piperidine rings is 1. The van der Waals surface area contributed by atoms with Crippen LogP contribution in [0.1, 0.15) is 32.6 Å². The zero-order chi connectivity index (χ0) is 11.3. The van der Waals surface area contributed by atoms with Crippen molar-refractivity contribution in [2.45, 2.75) is 39.0 Å². The van der Waals surface area contributed by atoms with Crippen molar-refractivity contribution in [1.29, 1.82) is 0 Å². The lowest BCUT2D eigenvalue weighted by atomic mass is 10.1. The summed E-state index contributed by atoms with van der Waals surface area (Å²) in [5.41, 5.74) is 1.14. The lowest BCUT2D eigenvalue weighted by Crippen LogP contribution is -2.37. The van der Waals surface area contributed by atoms with E-state index in [2.05, 4.69) is 11.3 Å². The van der Waals surface area contributed by atoms with Gasteiger partial charge in [0.2, 0.25) is 6.36 Å². The number of rotatable bonds is 3. The van der Waals surface area contributed by atoms with Gasteiger partial charge in [0.15, 0.2) is 0 Å². The molecular formula is C11H18FNO2. The number of carbonyl (C=O) groups excluding carboxylic acids is 1. The van der Waals surface area contributed by atoms with Gasteiger partial charge in [-0.15, -0.1) is 0 Å². The maximum Gasteiger partial charge on any atom is 0.412 e. The van der Waals surface area contributed by atoms with Crippen molar-refractivity contribution in [2.24, 2.45) is 0 Å². The zero-order valence-electron chi connectivity index (χ0n) is 9.17. The van der Waals surface area contributed by atoms with Gasteiger partial charge in [0, 0.05) is 19.5 Å². The van der Waals surface area contributed by atoms with Crippen LogP contribution >= 0.6 is 0 Å². The van der Waals surface area contributed by atoms with E-state index in [4.69, 9.17) is 0 Å². The molecule has 0 aliphatic carbocycles. The Morgan fingerprint density at radius 1 is 1.60 bits per heavy atom. The molecule has 1 amide bonds. The van der Waals surface area contributed by atoms with Gasteiger partial charge >= 0.3 is 6.09 Å². The molecule has 1 aliphatic heterocycles. The molecule has 4 heteroatoms. The van der Waals surface area contributed by atoms with Crippen molar-refractivity contribution in [2.75, 3.05) is 13.1 Å². The van der Waals surface area contributed by atoms with Crippen molar-refractivity contribution in [3.63, 3.8) is 0 Å². The molecule has 1 heterocycles. The van der Waals surface area contributed by atoms with E-state index in [1.807, 2.05) is 6.92 Å². The Balaban J connectivity index is 2.30. The second kappa shape index (κ2) is 5.73. The SMILES string of the molecule is C=C1CCN(C(=O)OC(F)CCC)CC1. The monoisotopic (exact) mass is 215 g/mol. The summed E-state index contributed by atoms with van der Waals surface area (Å²) in [7, 11) is 0. The predicted molar refractivity (Wildman–Crippen MR) is 56.2 cm³/mol. The smallest absolute Gasteiger partial charge is 0.412 e. The third kappa shape index (κ3) is 3.90. The van der Waals surface area contributed by atoms with Crippen LogP contribution in [0.15, 0.2) is 12.2 Å². The molecule has 1 rings (SSSR count). The van der Waals surface area contributed by atoms with Crippen molar-refractivity contribution in [3.05, 3.63) is 12.2 Å². The predicted octanol–water partition coefficient (Wildman–Crippen LogP) is 2.87. The molecule has 86 valence electrons. The molecule has 0 radical (unpaired) electrons. The molecule has 3 nitrogen and oxygen atoms in total. The number of likely N-dealkylation sites (tertiary alicyclic amines) is 1. The standard InChI is InChI=1S/C11H18FNO2/c1-3-4-10(12)15-11(14)13-7-5-9(2)6-8-13/h10H,2-8H2,1H3. The number of amides is 1. The van der Waals surface area contributed by atoms with Crippen LogP contribution in [0.2, 0.25) is 0 Å². The molecule has 0 aromatic carbocycles. The number of halogens is 1. The summed E-state index contributed by atoms with van der Waals surface area (Å²) in [4.78, 5) is 13.0. The van der Waals surface area contributed by atoms with Gasteiger partial charge in [-0.2, -0.15) is 0 Å². The van der Waals surface area contributed by atoms with E-state index in [0.29, 0.717) is 19.5 Å². The Labute approximate surface area is 89.9 Å². The maximum atomic E-state index is 13.0. The van der Waals surface area contributed by atoms with E-state index in [-0.39, 0.29) is 6.42 Å². The van der Waals surface area contributed by atoms with E-state index in [1.54, 1.807) is 0 Å². The number of alkyl halides is 1. The van der Waals surface area contributed by atoms with Gasteiger partial charge in [0.1, 0.15) is 0 Å². The Morgan fingerprint density at radius 3 is 2.73 bits per heavy atom. The minimum atomic E-state index is -1.47. The summed E-state index contributed by atoms with van der Waals surface area (Å²) in [6.45, 7) is 6.89. The summed E-state index contributed by atoms with van der Waals surface area (Å²) in [5, 5.41) is 0. The molecule has 1 aliphatic rings. The Morgan fingerprint density at radius 2 is 2.20 bits per heavy atom. The quantitative estimate of drug-likeness (QED) is 0.677. The second-order valence-electron chi connectivity index (χ2n) is 3.82. The van der Waals surface area contributed by atoms with Crippen LogP contribution in [-0.4, -0.2) is 30.4 Å². The first-order valence-corrected chi connectivity index (χ1v) is 5.39. The number of ether oxygens (including phenoxy) is 1. The van der Waals surface area contributed by atoms with Crippen LogP contribution in [0.25, 0.3) is 0 Å². The summed E-state index contributed by atoms with van der Waals surface area (Å²) >= 11 is 0. The van der Waals surface area contributed by atoms with Crippen LogP contribution in [0.4, 0.5) is 9.18 Å².